The third-order valence-electron chi connectivity index (χ3n) is 3.66. The number of hydrogen-bond donors (Lipinski definition) is 1. The molecule has 2 aromatic rings. The molecule has 0 aromatic heterocycles. The molecule has 1 N–H and O–H groups in total. The maximum absolute atomic E-state index is 12.4. The topological polar surface area (TPSA) is 83.6 Å². The van der Waals surface area contributed by atoms with Crippen LogP contribution in [-0.2, 0) is 14.8 Å². The third kappa shape index (κ3) is 3.35. The molecule has 1 aliphatic rings. The fraction of sp³-hybridized carbons (Fsp3) is 0.125. The lowest BCUT2D eigenvalue weighted by atomic mass is 10.2. The molecular formula is C16H12Cl2N2O4S. The summed E-state index contributed by atoms with van der Waals surface area (Å²) in [5.41, 5.74) is 0.547. The SMILES string of the molecule is O=C(CCN1C(=O)c2ccccc2S1(=O)=O)Nc1ccc(Cl)c(Cl)c1. The van der Waals surface area contributed by atoms with Gasteiger partial charge < -0.3 is 5.32 Å². The van der Waals surface area contributed by atoms with E-state index in [1.54, 1.807) is 18.2 Å². The Morgan fingerprint density at radius 3 is 2.48 bits per heavy atom. The number of carbonyl (C=O) groups is 2. The van der Waals surface area contributed by atoms with Crippen LogP contribution in [-0.4, -0.2) is 31.1 Å². The van der Waals surface area contributed by atoms with Gasteiger partial charge in [-0.15, -0.1) is 0 Å². The van der Waals surface area contributed by atoms with E-state index >= 15 is 0 Å². The molecule has 0 aliphatic carbocycles. The Labute approximate surface area is 154 Å². The van der Waals surface area contributed by atoms with E-state index in [0.717, 1.165) is 0 Å². The van der Waals surface area contributed by atoms with Gasteiger partial charge in [-0.25, -0.2) is 12.7 Å². The van der Waals surface area contributed by atoms with Crippen LogP contribution in [0.1, 0.15) is 16.8 Å². The van der Waals surface area contributed by atoms with Crippen LogP contribution in [0.2, 0.25) is 10.0 Å². The quantitative estimate of drug-likeness (QED) is 0.856. The van der Waals surface area contributed by atoms with Crippen molar-refractivity contribution in [2.75, 3.05) is 11.9 Å². The van der Waals surface area contributed by atoms with Crippen molar-refractivity contribution in [2.24, 2.45) is 0 Å². The number of fused-ring (bicyclic) bond motifs is 1. The first kappa shape index (κ1) is 17.7. The molecule has 6 nitrogen and oxygen atoms in total. The third-order valence-corrected chi connectivity index (χ3v) is 6.24. The second kappa shape index (κ2) is 6.67. The smallest absolute Gasteiger partial charge is 0.269 e. The Balaban J connectivity index is 1.69. The van der Waals surface area contributed by atoms with Gasteiger partial charge in [0.25, 0.3) is 15.9 Å². The first-order valence-corrected chi connectivity index (χ1v) is 9.41. The molecule has 9 heteroatoms. The summed E-state index contributed by atoms with van der Waals surface area (Å²) in [6.45, 7) is -0.247. The van der Waals surface area contributed by atoms with Gasteiger partial charge in [-0.1, -0.05) is 35.3 Å². The van der Waals surface area contributed by atoms with E-state index in [4.69, 9.17) is 23.2 Å². The summed E-state index contributed by atoms with van der Waals surface area (Å²) in [4.78, 5) is 24.2. The number of rotatable bonds is 4. The summed E-state index contributed by atoms with van der Waals surface area (Å²) >= 11 is 11.7. The summed E-state index contributed by atoms with van der Waals surface area (Å²) in [5.74, 6) is -1.07. The van der Waals surface area contributed by atoms with E-state index in [1.807, 2.05) is 0 Å². The number of carbonyl (C=O) groups excluding carboxylic acids is 2. The highest BCUT2D eigenvalue weighted by Gasteiger charge is 2.40. The Bertz CT molecular complexity index is 976. The lowest BCUT2D eigenvalue weighted by Gasteiger charge is -2.14. The number of halogens is 2. The fourth-order valence-electron chi connectivity index (χ4n) is 2.45. The van der Waals surface area contributed by atoms with Gasteiger partial charge in [0.2, 0.25) is 5.91 Å². The Morgan fingerprint density at radius 1 is 1.08 bits per heavy atom. The summed E-state index contributed by atoms with van der Waals surface area (Å²) in [6.07, 6.45) is -0.181. The lowest BCUT2D eigenvalue weighted by molar-refractivity contribution is -0.116. The second-order valence-corrected chi connectivity index (χ2v) is 7.95. The van der Waals surface area contributed by atoms with Gasteiger partial charge in [0.15, 0.2) is 0 Å². The number of anilines is 1. The second-order valence-electron chi connectivity index (χ2n) is 5.31. The van der Waals surface area contributed by atoms with Crippen molar-refractivity contribution in [3.05, 3.63) is 58.1 Å². The minimum absolute atomic E-state index is 0.0371. The van der Waals surface area contributed by atoms with Crippen molar-refractivity contribution in [3.8, 4) is 0 Å². The van der Waals surface area contributed by atoms with Gasteiger partial charge >= 0.3 is 0 Å². The largest absolute Gasteiger partial charge is 0.326 e. The molecule has 0 radical (unpaired) electrons. The van der Waals surface area contributed by atoms with E-state index < -0.39 is 21.8 Å². The van der Waals surface area contributed by atoms with Gasteiger partial charge in [0.1, 0.15) is 4.90 Å². The predicted octanol–water partition coefficient (Wildman–Crippen LogP) is 3.17. The van der Waals surface area contributed by atoms with Crippen LogP contribution >= 0.6 is 23.2 Å². The van der Waals surface area contributed by atoms with Crippen molar-refractivity contribution in [2.45, 2.75) is 11.3 Å². The van der Waals surface area contributed by atoms with Gasteiger partial charge in [-0.2, -0.15) is 0 Å². The van der Waals surface area contributed by atoms with E-state index in [-0.39, 0.29) is 28.4 Å². The van der Waals surface area contributed by atoms with Crippen molar-refractivity contribution in [1.82, 2.24) is 4.31 Å². The molecule has 0 saturated carbocycles. The average Bonchev–Trinajstić information content (AvgIpc) is 2.76. The van der Waals surface area contributed by atoms with E-state index in [0.29, 0.717) is 15.0 Å². The van der Waals surface area contributed by atoms with Crippen LogP contribution in [0.5, 0.6) is 0 Å². The van der Waals surface area contributed by atoms with Crippen LogP contribution in [0.3, 0.4) is 0 Å². The summed E-state index contributed by atoms with van der Waals surface area (Å²) < 4.78 is 25.5. The number of hydrogen-bond acceptors (Lipinski definition) is 4. The highest BCUT2D eigenvalue weighted by molar-refractivity contribution is 7.90. The van der Waals surface area contributed by atoms with Crippen molar-refractivity contribution < 1.29 is 18.0 Å². The van der Waals surface area contributed by atoms with Crippen molar-refractivity contribution in [3.63, 3.8) is 0 Å². The van der Waals surface area contributed by atoms with Gasteiger partial charge in [-0.3, -0.25) is 9.59 Å². The van der Waals surface area contributed by atoms with Gasteiger partial charge in [0, 0.05) is 18.7 Å². The van der Waals surface area contributed by atoms with Crippen LogP contribution in [0.25, 0.3) is 0 Å². The molecule has 1 aliphatic heterocycles. The number of benzene rings is 2. The molecule has 0 bridgehead atoms. The summed E-state index contributed by atoms with van der Waals surface area (Å²) in [5, 5.41) is 3.22. The number of amides is 2. The Morgan fingerprint density at radius 2 is 1.80 bits per heavy atom. The molecule has 0 saturated heterocycles. The summed E-state index contributed by atoms with van der Waals surface area (Å²) in [7, 11) is -3.91. The molecule has 0 fully saturated rings. The van der Waals surface area contributed by atoms with Crippen LogP contribution in [0.15, 0.2) is 47.4 Å². The van der Waals surface area contributed by atoms with Crippen molar-refractivity contribution in [1.29, 1.82) is 0 Å². The van der Waals surface area contributed by atoms with Gasteiger partial charge in [-0.05, 0) is 30.3 Å². The average molecular weight is 399 g/mol. The highest BCUT2D eigenvalue weighted by Crippen LogP contribution is 2.30. The Kier molecular flexibility index (Phi) is 4.73. The maximum atomic E-state index is 12.4. The normalized spacial score (nSPS) is 15.1. The predicted molar refractivity (Wildman–Crippen MR) is 94.4 cm³/mol. The first-order chi connectivity index (χ1) is 11.8. The highest BCUT2D eigenvalue weighted by atomic mass is 35.5. The molecule has 2 amide bonds. The number of nitrogens with one attached hydrogen (secondary N) is 1. The number of nitrogens with zero attached hydrogens (tertiary/aromatic N) is 1. The van der Waals surface area contributed by atoms with Crippen LogP contribution in [0, 0.1) is 0 Å². The molecule has 0 spiro atoms. The maximum Gasteiger partial charge on any atom is 0.269 e. The first-order valence-electron chi connectivity index (χ1n) is 7.22. The number of sulfonamides is 1. The van der Waals surface area contributed by atoms with Crippen LogP contribution in [0.4, 0.5) is 5.69 Å². The Hall–Kier alpha value is -2.09. The van der Waals surface area contributed by atoms with Crippen molar-refractivity contribution >= 4 is 50.7 Å². The molecule has 3 rings (SSSR count). The molecule has 25 heavy (non-hydrogen) atoms. The standard InChI is InChI=1S/C16H12Cl2N2O4S/c17-12-6-5-10(9-13(12)18)19-15(21)7-8-20-16(22)11-3-1-2-4-14(11)25(20,23)24/h1-6,9H,7-8H2,(H,19,21). The minimum atomic E-state index is -3.91. The zero-order valence-electron chi connectivity index (χ0n) is 12.7. The van der Waals surface area contributed by atoms with E-state index in [2.05, 4.69) is 5.32 Å². The molecule has 0 atom stereocenters. The molecule has 130 valence electrons. The van der Waals surface area contributed by atoms with Crippen LogP contribution < -0.4 is 5.32 Å². The molecule has 0 unspecified atom stereocenters. The van der Waals surface area contributed by atoms with Gasteiger partial charge in [0.05, 0.1) is 15.6 Å². The van der Waals surface area contributed by atoms with E-state index in [1.165, 1.54) is 24.3 Å². The fourth-order valence-corrected chi connectivity index (χ4v) is 4.32. The zero-order valence-corrected chi connectivity index (χ0v) is 15.0. The molecule has 1 heterocycles. The zero-order chi connectivity index (χ0) is 18.2. The minimum Gasteiger partial charge on any atom is -0.326 e. The monoisotopic (exact) mass is 398 g/mol. The summed E-state index contributed by atoms with van der Waals surface area (Å²) in [6, 6.07) is 10.5. The van der Waals surface area contributed by atoms with E-state index in [9.17, 15) is 18.0 Å². The molecule has 2 aromatic carbocycles. The lowest BCUT2D eigenvalue weighted by Crippen LogP contribution is -2.33. The molecular weight excluding hydrogens is 387 g/mol.